The first kappa shape index (κ1) is 17.8. The highest BCUT2D eigenvalue weighted by Gasteiger charge is 2.38. The summed E-state index contributed by atoms with van der Waals surface area (Å²) in [5.74, 6) is -1.83. The molecular weight excluding hydrogens is 301 g/mol. The molecule has 0 heterocycles. The predicted octanol–water partition coefficient (Wildman–Crippen LogP) is 1.94. The summed E-state index contributed by atoms with van der Waals surface area (Å²) >= 11 is 0. The van der Waals surface area contributed by atoms with E-state index in [1.165, 1.54) is 7.11 Å². The summed E-state index contributed by atoms with van der Waals surface area (Å²) in [5.41, 5.74) is 0.827. The van der Waals surface area contributed by atoms with Gasteiger partial charge in [-0.1, -0.05) is 12.1 Å². The second-order valence-corrected chi connectivity index (χ2v) is 4.57. The van der Waals surface area contributed by atoms with Gasteiger partial charge in [-0.3, -0.25) is 9.59 Å². The molecular formula is C14H17F3N2O3. The van der Waals surface area contributed by atoms with Crippen molar-refractivity contribution in [2.24, 2.45) is 0 Å². The molecule has 0 aliphatic heterocycles. The van der Waals surface area contributed by atoms with E-state index < -0.39 is 18.0 Å². The lowest BCUT2D eigenvalue weighted by Gasteiger charge is -2.15. The first-order valence-corrected chi connectivity index (χ1v) is 6.52. The summed E-state index contributed by atoms with van der Waals surface area (Å²) in [5, 5.41) is 4.27. The maximum atomic E-state index is 11.9. The van der Waals surface area contributed by atoms with E-state index >= 15 is 0 Å². The zero-order valence-corrected chi connectivity index (χ0v) is 12.2. The summed E-state index contributed by atoms with van der Waals surface area (Å²) in [6.45, 7) is 1.37. The van der Waals surface area contributed by atoms with Gasteiger partial charge in [0.2, 0.25) is 5.91 Å². The van der Waals surface area contributed by atoms with Gasteiger partial charge in [0.15, 0.2) is 0 Å². The number of ether oxygens (including phenoxy) is 1. The monoisotopic (exact) mass is 318 g/mol. The van der Waals surface area contributed by atoms with Gasteiger partial charge in [0, 0.05) is 13.0 Å². The molecule has 0 unspecified atom stereocenters. The minimum Gasteiger partial charge on any atom is -0.497 e. The van der Waals surface area contributed by atoms with Gasteiger partial charge < -0.3 is 15.4 Å². The minimum absolute atomic E-state index is 0.234. The Morgan fingerprint density at radius 2 is 1.82 bits per heavy atom. The third kappa shape index (κ3) is 5.63. The van der Waals surface area contributed by atoms with Crippen LogP contribution in [-0.2, 0) is 9.59 Å². The number of nitrogens with one attached hydrogen (secondary N) is 2. The van der Waals surface area contributed by atoms with Gasteiger partial charge >= 0.3 is 12.1 Å². The molecule has 0 saturated heterocycles. The second kappa shape index (κ2) is 7.67. The number of carbonyl (C=O) groups is 2. The third-order valence-electron chi connectivity index (χ3n) is 2.89. The molecule has 1 atom stereocenters. The highest BCUT2D eigenvalue weighted by molar-refractivity contribution is 5.82. The fraction of sp³-hybridized carbons (Fsp3) is 0.429. The second-order valence-electron chi connectivity index (χ2n) is 4.57. The van der Waals surface area contributed by atoms with Crippen molar-refractivity contribution in [2.75, 3.05) is 13.7 Å². The molecule has 0 aromatic heterocycles. The third-order valence-corrected chi connectivity index (χ3v) is 2.89. The van der Waals surface area contributed by atoms with Crippen LogP contribution in [0.25, 0.3) is 0 Å². The van der Waals surface area contributed by atoms with Crippen molar-refractivity contribution in [3.05, 3.63) is 29.8 Å². The molecule has 0 saturated carbocycles. The van der Waals surface area contributed by atoms with E-state index in [2.05, 4.69) is 5.32 Å². The average molecular weight is 318 g/mol. The number of halogens is 3. The molecule has 0 radical (unpaired) electrons. The van der Waals surface area contributed by atoms with Crippen LogP contribution in [0.4, 0.5) is 13.2 Å². The smallest absolute Gasteiger partial charge is 0.471 e. The van der Waals surface area contributed by atoms with Crippen molar-refractivity contribution < 1.29 is 27.5 Å². The SMILES string of the molecule is COc1ccc([C@@H](C)NC(=O)CCNC(=O)C(F)(F)F)cc1. The van der Waals surface area contributed by atoms with Crippen LogP contribution in [0.1, 0.15) is 24.9 Å². The first-order chi connectivity index (χ1) is 10.2. The Balaban J connectivity index is 2.39. The topological polar surface area (TPSA) is 67.4 Å². The Bertz CT molecular complexity index is 515. The molecule has 1 aromatic carbocycles. The van der Waals surface area contributed by atoms with Crippen LogP contribution < -0.4 is 15.4 Å². The fourth-order valence-corrected chi connectivity index (χ4v) is 1.68. The van der Waals surface area contributed by atoms with Crippen LogP contribution in [0.15, 0.2) is 24.3 Å². The van der Waals surface area contributed by atoms with Crippen LogP contribution in [-0.4, -0.2) is 31.6 Å². The quantitative estimate of drug-likeness (QED) is 0.842. The molecule has 2 amide bonds. The van der Waals surface area contributed by atoms with E-state index in [4.69, 9.17) is 4.74 Å². The Morgan fingerprint density at radius 3 is 2.32 bits per heavy atom. The van der Waals surface area contributed by atoms with Crippen LogP contribution in [0.5, 0.6) is 5.75 Å². The van der Waals surface area contributed by atoms with Crippen LogP contribution >= 0.6 is 0 Å². The number of amides is 2. The molecule has 2 N–H and O–H groups in total. The normalized spacial score (nSPS) is 12.4. The van der Waals surface area contributed by atoms with E-state index in [0.717, 1.165) is 5.56 Å². The highest BCUT2D eigenvalue weighted by atomic mass is 19.4. The average Bonchev–Trinajstić information content (AvgIpc) is 2.46. The van der Waals surface area contributed by atoms with Crippen molar-refractivity contribution >= 4 is 11.8 Å². The van der Waals surface area contributed by atoms with Gasteiger partial charge in [0.25, 0.3) is 0 Å². The Labute approximate surface area is 125 Å². The Kier molecular flexibility index (Phi) is 6.21. The summed E-state index contributed by atoms with van der Waals surface area (Å²) < 4.78 is 40.8. The van der Waals surface area contributed by atoms with Gasteiger partial charge in [-0.15, -0.1) is 0 Å². The molecule has 0 aliphatic carbocycles. The summed E-state index contributed by atoms with van der Waals surface area (Å²) in [4.78, 5) is 22.2. The Hall–Kier alpha value is -2.25. The van der Waals surface area contributed by atoms with Crippen molar-refractivity contribution in [3.8, 4) is 5.75 Å². The van der Waals surface area contributed by atoms with Gasteiger partial charge in [-0.2, -0.15) is 13.2 Å². The number of hydrogen-bond acceptors (Lipinski definition) is 3. The molecule has 5 nitrogen and oxygen atoms in total. The standard InChI is InChI=1S/C14H17F3N2O3/c1-9(10-3-5-11(22-2)6-4-10)19-12(20)7-8-18-13(21)14(15,16)17/h3-6,9H,7-8H2,1-2H3,(H,18,21)(H,19,20)/t9-/m1/s1. The Morgan fingerprint density at radius 1 is 1.23 bits per heavy atom. The van der Waals surface area contributed by atoms with Crippen LogP contribution in [0.2, 0.25) is 0 Å². The molecule has 0 aliphatic rings. The van der Waals surface area contributed by atoms with Gasteiger partial charge in [0.05, 0.1) is 13.2 Å². The summed E-state index contributed by atoms with van der Waals surface area (Å²) in [7, 11) is 1.54. The van der Waals surface area contributed by atoms with Crippen molar-refractivity contribution in [3.63, 3.8) is 0 Å². The molecule has 122 valence electrons. The molecule has 0 fully saturated rings. The van der Waals surface area contributed by atoms with E-state index in [-0.39, 0.29) is 19.0 Å². The largest absolute Gasteiger partial charge is 0.497 e. The number of carbonyl (C=O) groups excluding carboxylic acids is 2. The molecule has 0 spiro atoms. The van der Waals surface area contributed by atoms with E-state index in [0.29, 0.717) is 5.75 Å². The maximum absolute atomic E-state index is 11.9. The number of methoxy groups -OCH3 is 1. The first-order valence-electron chi connectivity index (χ1n) is 6.52. The van der Waals surface area contributed by atoms with E-state index in [9.17, 15) is 22.8 Å². The number of hydrogen-bond donors (Lipinski definition) is 2. The van der Waals surface area contributed by atoms with Crippen LogP contribution in [0.3, 0.4) is 0 Å². The lowest BCUT2D eigenvalue weighted by Crippen LogP contribution is -2.39. The zero-order chi connectivity index (χ0) is 16.8. The maximum Gasteiger partial charge on any atom is 0.471 e. The van der Waals surface area contributed by atoms with Crippen molar-refractivity contribution in [2.45, 2.75) is 25.6 Å². The molecule has 1 rings (SSSR count). The van der Waals surface area contributed by atoms with Gasteiger partial charge in [-0.25, -0.2) is 0 Å². The number of alkyl halides is 3. The summed E-state index contributed by atoms with van der Waals surface area (Å²) in [6.07, 6.45) is -5.17. The predicted molar refractivity (Wildman–Crippen MR) is 73.2 cm³/mol. The molecule has 8 heteroatoms. The lowest BCUT2D eigenvalue weighted by molar-refractivity contribution is -0.173. The fourth-order valence-electron chi connectivity index (χ4n) is 1.68. The van der Waals surface area contributed by atoms with Crippen molar-refractivity contribution in [1.29, 1.82) is 0 Å². The summed E-state index contributed by atoms with van der Waals surface area (Å²) in [6, 6.07) is 6.71. The van der Waals surface area contributed by atoms with Crippen molar-refractivity contribution in [1.82, 2.24) is 10.6 Å². The van der Waals surface area contributed by atoms with Gasteiger partial charge in [0.1, 0.15) is 5.75 Å². The molecule has 1 aromatic rings. The van der Waals surface area contributed by atoms with E-state index in [1.54, 1.807) is 36.5 Å². The number of rotatable bonds is 6. The minimum atomic E-state index is -4.94. The van der Waals surface area contributed by atoms with Crippen LogP contribution in [0, 0.1) is 0 Å². The molecule has 0 bridgehead atoms. The highest BCUT2D eigenvalue weighted by Crippen LogP contribution is 2.17. The van der Waals surface area contributed by atoms with Gasteiger partial charge in [-0.05, 0) is 24.6 Å². The molecule has 22 heavy (non-hydrogen) atoms. The lowest BCUT2D eigenvalue weighted by atomic mass is 10.1. The number of benzene rings is 1. The van der Waals surface area contributed by atoms with E-state index in [1.807, 2.05) is 0 Å². The zero-order valence-electron chi connectivity index (χ0n) is 12.2.